The fraction of sp³-hybridized carbons (Fsp3) is 0.455. The molecule has 1 unspecified atom stereocenters. The molecule has 1 atom stereocenters. The fourth-order valence-corrected chi connectivity index (χ4v) is 3.32. The number of hydrogen-bond donors (Lipinski definition) is 2. The molecular weight excluding hydrogens is 278 g/mol. The number of sulfonamides is 1. The number of nitrogens with two attached hydrogens (primary N) is 1. The Labute approximate surface area is 109 Å². The Balaban J connectivity index is 2.29. The van der Waals surface area contributed by atoms with Crippen LogP contribution in [-0.4, -0.2) is 27.7 Å². The van der Waals surface area contributed by atoms with E-state index in [1.54, 1.807) is 0 Å². The third-order valence-corrected chi connectivity index (χ3v) is 4.34. The van der Waals surface area contributed by atoms with Gasteiger partial charge in [0, 0.05) is 18.3 Å². The van der Waals surface area contributed by atoms with Gasteiger partial charge in [-0.2, -0.15) is 0 Å². The molecular formula is C11H14F2N2O3S. The van der Waals surface area contributed by atoms with E-state index in [4.69, 9.17) is 10.5 Å². The predicted octanol–water partition coefficient (Wildman–Crippen LogP) is 1.00. The number of benzene rings is 1. The summed E-state index contributed by atoms with van der Waals surface area (Å²) in [5, 5.41) is 0. The Kier molecular flexibility index (Phi) is 4.02. The smallest absolute Gasteiger partial charge is 0.246 e. The van der Waals surface area contributed by atoms with E-state index in [0.717, 1.165) is 12.1 Å². The molecule has 8 heteroatoms. The Bertz CT molecular complexity index is 548. The van der Waals surface area contributed by atoms with Gasteiger partial charge in [-0.15, -0.1) is 0 Å². The molecule has 5 nitrogen and oxygen atoms in total. The van der Waals surface area contributed by atoms with Gasteiger partial charge >= 0.3 is 0 Å². The quantitative estimate of drug-likeness (QED) is 0.815. The average molecular weight is 292 g/mol. The van der Waals surface area contributed by atoms with Gasteiger partial charge in [0.1, 0.15) is 11.6 Å². The zero-order valence-electron chi connectivity index (χ0n) is 10.0. The van der Waals surface area contributed by atoms with Gasteiger partial charge < -0.3 is 10.5 Å². The molecule has 0 radical (unpaired) electrons. The van der Waals surface area contributed by atoms with E-state index in [1.165, 1.54) is 0 Å². The molecule has 1 heterocycles. The van der Waals surface area contributed by atoms with Crippen molar-refractivity contribution in [3.63, 3.8) is 0 Å². The molecule has 0 bridgehead atoms. The minimum atomic E-state index is -4.27. The Morgan fingerprint density at radius 1 is 1.32 bits per heavy atom. The molecule has 1 saturated heterocycles. The van der Waals surface area contributed by atoms with Crippen LogP contribution >= 0.6 is 0 Å². The lowest BCUT2D eigenvalue weighted by Gasteiger charge is -2.23. The normalized spacial score (nSPS) is 20.4. The second-order valence-electron chi connectivity index (χ2n) is 4.35. The van der Waals surface area contributed by atoms with Crippen LogP contribution < -0.4 is 10.5 Å². The van der Waals surface area contributed by atoms with Crippen LogP contribution in [0, 0.1) is 11.6 Å². The summed E-state index contributed by atoms with van der Waals surface area (Å²) in [7, 11) is -4.27. The SMILES string of the molecule is Nc1cc(F)c(S(=O)(=O)NC2CCCOC2)c(F)c1. The molecule has 106 valence electrons. The second kappa shape index (κ2) is 5.40. The zero-order chi connectivity index (χ0) is 14.0. The molecule has 0 amide bonds. The van der Waals surface area contributed by atoms with Gasteiger partial charge in [0.25, 0.3) is 0 Å². The lowest BCUT2D eigenvalue weighted by Crippen LogP contribution is -2.41. The number of ether oxygens (including phenoxy) is 1. The van der Waals surface area contributed by atoms with Crippen LogP contribution in [-0.2, 0) is 14.8 Å². The van der Waals surface area contributed by atoms with E-state index in [2.05, 4.69) is 4.72 Å². The largest absolute Gasteiger partial charge is 0.399 e. The molecule has 0 spiro atoms. The maximum absolute atomic E-state index is 13.6. The number of rotatable bonds is 3. The topological polar surface area (TPSA) is 81.4 Å². The zero-order valence-corrected chi connectivity index (χ0v) is 10.8. The second-order valence-corrected chi connectivity index (χ2v) is 6.00. The highest BCUT2D eigenvalue weighted by Crippen LogP contribution is 2.22. The monoisotopic (exact) mass is 292 g/mol. The first-order valence-corrected chi connectivity index (χ1v) is 7.23. The molecule has 0 aromatic heterocycles. The minimum Gasteiger partial charge on any atom is -0.399 e. The van der Waals surface area contributed by atoms with Gasteiger partial charge in [0.05, 0.1) is 6.61 Å². The van der Waals surface area contributed by atoms with Crippen molar-refractivity contribution >= 4 is 15.7 Å². The number of hydrogen-bond acceptors (Lipinski definition) is 4. The summed E-state index contributed by atoms with van der Waals surface area (Å²) in [6.45, 7) is 0.750. The Morgan fingerprint density at radius 2 is 1.95 bits per heavy atom. The van der Waals surface area contributed by atoms with Crippen LogP contribution in [0.2, 0.25) is 0 Å². The molecule has 1 aliphatic rings. The van der Waals surface area contributed by atoms with Crippen molar-refractivity contribution in [2.75, 3.05) is 18.9 Å². The first-order valence-electron chi connectivity index (χ1n) is 5.75. The highest BCUT2D eigenvalue weighted by Gasteiger charge is 2.28. The lowest BCUT2D eigenvalue weighted by molar-refractivity contribution is 0.0773. The van der Waals surface area contributed by atoms with Gasteiger partial charge in [-0.1, -0.05) is 0 Å². The molecule has 3 N–H and O–H groups in total. The van der Waals surface area contributed by atoms with E-state index >= 15 is 0 Å². The van der Waals surface area contributed by atoms with E-state index < -0.39 is 32.6 Å². The molecule has 1 aliphatic heterocycles. The van der Waals surface area contributed by atoms with Crippen molar-refractivity contribution in [3.8, 4) is 0 Å². The van der Waals surface area contributed by atoms with Gasteiger partial charge in [-0.3, -0.25) is 0 Å². The highest BCUT2D eigenvalue weighted by molar-refractivity contribution is 7.89. The van der Waals surface area contributed by atoms with Crippen molar-refractivity contribution in [3.05, 3.63) is 23.8 Å². The number of nitrogens with one attached hydrogen (secondary N) is 1. The summed E-state index contributed by atoms with van der Waals surface area (Å²) >= 11 is 0. The van der Waals surface area contributed by atoms with Crippen LogP contribution in [0.1, 0.15) is 12.8 Å². The number of halogens is 2. The first kappa shape index (κ1) is 14.2. The molecule has 19 heavy (non-hydrogen) atoms. The fourth-order valence-electron chi connectivity index (χ4n) is 1.95. The van der Waals surface area contributed by atoms with E-state index in [9.17, 15) is 17.2 Å². The summed E-state index contributed by atoms with van der Waals surface area (Å²) in [5.74, 6) is -2.41. The average Bonchev–Trinajstić information content (AvgIpc) is 2.27. The van der Waals surface area contributed by atoms with E-state index in [-0.39, 0.29) is 12.3 Å². The van der Waals surface area contributed by atoms with E-state index in [0.29, 0.717) is 19.4 Å². The molecule has 1 fully saturated rings. The summed E-state index contributed by atoms with van der Waals surface area (Å²) in [4.78, 5) is -1.01. The third kappa shape index (κ3) is 3.20. The summed E-state index contributed by atoms with van der Waals surface area (Å²) in [6.07, 6.45) is 1.26. The maximum Gasteiger partial charge on any atom is 0.246 e. The van der Waals surface area contributed by atoms with Crippen LogP contribution in [0.3, 0.4) is 0 Å². The van der Waals surface area contributed by atoms with Gasteiger partial charge in [-0.05, 0) is 25.0 Å². The van der Waals surface area contributed by atoms with Crippen LogP contribution in [0.4, 0.5) is 14.5 Å². The van der Waals surface area contributed by atoms with Crippen molar-refractivity contribution in [2.45, 2.75) is 23.8 Å². The van der Waals surface area contributed by atoms with Gasteiger partial charge in [0.2, 0.25) is 10.0 Å². The van der Waals surface area contributed by atoms with Crippen molar-refractivity contribution in [1.82, 2.24) is 4.72 Å². The van der Waals surface area contributed by atoms with Crippen molar-refractivity contribution < 1.29 is 21.9 Å². The van der Waals surface area contributed by atoms with Crippen LogP contribution in [0.25, 0.3) is 0 Å². The first-order chi connectivity index (χ1) is 8.90. The number of anilines is 1. The lowest BCUT2D eigenvalue weighted by atomic mass is 10.1. The maximum atomic E-state index is 13.6. The Morgan fingerprint density at radius 3 is 2.47 bits per heavy atom. The third-order valence-electron chi connectivity index (χ3n) is 2.77. The molecule has 1 aromatic carbocycles. The van der Waals surface area contributed by atoms with Crippen molar-refractivity contribution in [1.29, 1.82) is 0 Å². The highest BCUT2D eigenvalue weighted by atomic mass is 32.2. The van der Waals surface area contributed by atoms with Gasteiger partial charge in [-0.25, -0.2) is 21.9 Å². The van der Waals surface area contributed by atoms with Gasteiger partial charge in [0.15, 0.2) is 4.90 Å². The number of nitrogen functional groups attached to an aromatic ring is 1. The summed E-state index contributed by atoms with van der Waals surface area (Å²) in [6, 6.07) is 1.07. The molecule has 0 aliphatic carbocycles. The standard InChI is InChI=1S/C11H14F2N2O3S/c12-9-4-7(14)5-10(13)11(9)19(16,17)15-8-2-1-3-18-6-8/h4-5,8,15H,1-3,6,14H2. The molecule has 0 saturated carbocycles. The predicted molar refractivity (Wildman–Crippen MR) is 64.9 cm³/mol. The molecule has 1 aromatic rings. The van der Waals surface area contributed by atoms with Crippen molar-refractivity contribution in [2.24, 2.45) is 0 Å². The minimum absolute atomic E-state index is 0.171. The van der Waals surface area contributed by atoms with E-state index in [1.807, 2.05) is 0 Å². The summed E-state index contributed by atoms with van der Waals surface area (Å²) < 4.78 is 58.5. The van der Waals surface area contributed by atoms with Crippen LogP contribution in [0.5, 0.6) is 0 Å². The summed E-state index contributed by atoms with van der Waals surface area (Å²) in [5.41, 5.74) is 5.07. The Hall–Kier alpha value is -1.25. The van der Waals surface area contributed by atoms with Crippen LogP contribution in [0.15, 0.2) is 17.0 Å². The molecule has 2 rings (SSSR count).